The number of hydrogen-bond donors (Lipinski definition) is 1. The number of carbonyl (C=O) groups is 1. The van der Waals surface area contributed by atoms with Gasteiger partial charge in [-0.3, -0.25) is 4.79 Å². The third kappa shape index (κ3) is 4.63. The topological polar surface area (TPSA) is 88.1 Å². The van der Waals surface area contributed by atoms with Crippen LogP contribution in [0.3, 0.4) is 0 Å². The van der Waals surface area contributed by atoms with Crippen LogP contribution in [0.25, 0.3) is 0 Å². The van der Waals surface area contributed by atoms with Gasteiger partial charge in [-0.1, -0.05) is 37.2 Å². The second-order valence-electron chi connectivity index (χ2n) is 6.45. The van der Waals surface area contributed by atoms with Crippen LogP contribution >= 0.6 is 0 Å². The van der Waals surface area contributed by atoms with E-state index in [2.05, 4.69) is 10.5 Å². The van der Waals surface area contributed by atoms with Crippen LogP contribution in [0.4, 0.5) is 10.1 Å². The van der Waals surface area contributed by atoms with Crippen molar-refractivity contribution in [1.29, 1.82) is 0 Å². The molecule has 1 amide bonds. The van der Waals surface area contributed by atoms with E-state index in [-0.39, 0.29) is 11.3 Å². The third-order valence-electron chi connectivity index (χ3n) is 4.56. The number of benzene rings is 2. The largest absolute Gasteiger partial charge is 0.382 e. The summed E-state index contributed by atoms with van der Waals surface area (Å²) in [4.78, 5) is 17.8. The van der Waals surface area contributed by atoms with E-state index in [4.69, 9.17) is 4.84 Å². The molecule has 1 unspecified atom stereocenters. The molecular formula is C20H22FN3O4S. The SMILES string of the molecule is CCN(CC)S(=O)(=O)c1cccc(NC(=O)C2CC(c3cccc(F)c3)=NO2)c1. The Morgan fingerprint density at radius 2 is 1.93 bits per heavy atom. The average molecular weight is 419 g/mol. The van der Waals surface area contributed by atoms with E-state index in [1.54, 1.807) is 38.1 Å². The Hall–Kier alpha value is -2.78. The van der Waals surface area contributed by atoms with E-state index < -0.39 is 27.9 Å². The van der Waals surface area contributed by atoms with Crippen LogP contribution in [-0.4, -0.2) is 43.5 Å². The minimum absolute atomic E-state index is 0.100. The molecule has 1 heterocycles. The van der Waals surface area contributed by atoms with E-state index in [1.165, 1.54) is 28.6 Å². The fourth-order valence-electron chi connectivity index (χ4n) is 3.03. The minimum Gasteiger partial charge on any atom is -0.382 e. The van der Waals surface area contributed by atoms with Crippen LogP contribution < -0.4 is 5.32 Å². The Morgan fingerprint density at radius 3 is 2.62 bits per heavy atom. The highest BCUT2D eigenvalue weighted by Crippen LogP contribution is 2.22. The summed E-state index contributed by atoms with van der Waals surface area (Å²) in [6, 6.07) is 12.0. The number of sulfonamides is 1. The van der Waals surface area contributed by atoms with Crippen molar-refractivity contribution in [2.24, 2.45) is 5.16 Å². The molecule has 0 bridgehead atoms. The molecule has 0 saturated carbocycles. The van der Waals surface area contributed by atoms with E-state index >= 15 is 0 Å². The van der Waals surface area contributed by atoms with Gasteiger partial charge in [-0.25, -0.2) is 12.8 Å². The first kappa shape index (κ1) is 20.9. The van der Waals surface area contributed by atoms with Gasteiger partial charge in [0.1, 0.15) is 5.82 Å². The van der Waals surface area contributed by atoms with Crippen LogP contribution in [-0.2, 0) is 19.7 Å². The number of anilines is 1. The molecule has 0 aliphatic carbocycles. The quantitative estimate of drug-likeness (QED) is 0.747. The van der Waals surface area contributed by atoms with E-state index in [9.17, 15) is 17.6 Å². The normalized spacial score (nSPS) is 16.4. The van der Waals surface area contributed by atoms with Gasteiger partial charge >= 0.3 is 0 Å². The third-order valence-corrected chi connectivity index (χ3v) is 6.61. The fraction of sp³-hybridized carbons (Fsp3) is 0.300. The predicted octanol–water partition coefficient (Wildman–Crippen LogP) is 2.99. The van der Waals surface area contributed by atoms with Crippen molar-refractivity contribution in [2.75, 3.05) is 18.4 Å². The van der Waals surface area contributed by atoms with E-state index in [1.807, 2.05) is 0 Å². The molecule has 29 heavy (non-hydrogen) atoms. The first-order chi connectivity index (χ1) is 13.8. The standard InChI is InChI=1S/C20H22FN3O4S/c1-3-24(4-2)29(26,27)17-10-6-9-16(12-17)22-20(25)19-13-18(23-28-19)14-7-5-8-15(21)11-14/h5-12,19H,3-4,13H2,1-2H3,(H,22,25). The molecule has 154 valence electrons. The van der Waals surface area contributed by atoms with Gasteiger partial charge in [0.2, 0.25) is 16.1 Å². The molecule has 1 N–H and O–H groups in total. The Kier molecular flexibility index (Phi) is 6.29. The Morgan fingerprint density at radius 1 is 1.21 bits per heavy atom. The van der Waals surface area contributed by atoms with Crippen molar-refractivity contribution in [3.8, 4) is 0 Å². The van der Waals surface area contributed by atoms with Crippen molar-refractivity contribution in [2.45, 2.75) is 31.3 Å². The van der Waals surface area contributed by atoms with Crippen LogP contribution in [0.2, 0.25) is 0 Å². The van der Waals surface area contributed by atoms with Crippen molar-refractivity contribution < 1.29 is 22.4 Å². The summed E-state index contributed by atoms with van der Waals surface area (Å²) >= 11 is 0. The summed E-state index contributed by atoms with van der Waals surface area (Å²) in [7, 11) is -3.63. The summed E-state index contributed by atoms with van der Waals surface area (Å²) in [5.74, 6) is -0.859. The molecule has 7 nitrogen and oxygen atoms in total. The summed E-state index contributed by atoms with van der Waals surface area (Å²) in [6.45, 7) is 4.23. The molecule has 2 aromatic carbocycles. The molecule has 0 saturated heterocycles. The number of nitrogens with zero attached hydrogens (tertiary/aromatic N) is 2. The molecule has 1 aliphatic heterocycles. The van der Waals surface area contributed by atoms with Gasteiger partial charge in [0.25, 0.3) is 5.91 Å². The maximum atomic E-state index is 13.4. The zero-order chi connectivity index (χ0) is 21.0. The van der Waals surface area contributed by atoms with Gasteiger partial charge in [-0.2, -0.15) is 4.31 Å². The summed E-state index contributed by atoms with van der Waals surface area (Å²) in [6.07, 6.45) is -0.691. The predicted molar refractivity (Wildman–Crippen MR) is 108 cm³/mol. The molecule has 1 atom stereocenters. The van der Waals surface area contributed by atoms with Crippen molar-refractivity contribution in [3.05, 3.63) is 59.9 Å². The van der Waals surface area contributed by atoms with Gasteiger partial charge in [0.15, 0.2) is 0 Å². The molecule has 0 aromatic heterocycles. The molecule has 0 fully saturated rings. The number of carbonyl (C=O) groups excluding carboxylic acids is 1. The molecule has 3 rings (SSSR count). The van der Waals surface area contributed by atoms with Gasteiger partial charge in [0.05, 0.1) is 10.6 Å². The second kappa shape index (κ2) is 8.71. The number of nitrogens with one attached hydrogen (secondary N) is 1. The van der Waals surface area contributed by atoms with E-state index in [0.717, 1.165) is 0 Å². The van der Waals surface area contributed by atoms with Gasteiger partial charge < -0.3 is 10.2 Å². The zero-order valence-electron chi connectivity index (χ0n) is 16.1. The molecule has 0 radical (unpaired) electrons. The monoisotopic (exact) mass is 419 g/mol. The number of oxime groups is 1. The highest BCUT2D eigenvalue weighted by molar-refractivity contribution is 7.89. The number of hydrogen-bond acceptors (Lipinski definition) is 5. The highest BCUT2D eigenvalue weighted by atomic mass is 32.2. The molecule has 9 heteroatoms. The van der Waals surface area contributed by atoms with Crippen LogP contribution in [0.5, 0.6) is 0 Å². The average Bonchev–Trinajstić information content (AvgIpc) is 3.19. The van der Waals surface area contributed by atoms with Gasteiger partial charge in [-0.05, 0) is 30.3 Å². The Labute approximate surface area is 169 Å². The van der Waals surface area contributed by atoms with Gasteiger partial charge in [0, 0.05) is 30.8 Å². The van der Waals surface area contributed by atoms with E-state index in [0.29, 0.717) is 30.1 Å². The summed E-state index contributed by atoms with van der Waals surface area (Å²) in [5.41, 5.74) is 1.36. The summed E-state index contributed by atoms with van der Waals surface area (Å²) < 4.78 is 40.0. The number of amides is 1. The lowest BCUT2D eigenvalue weighted by Crippen LogP contribution is -2.31. The van der Waals surface area contributed by atoms with Crippen molar-refractivity contribution in [1.82, 2.24) is 4.31 Å². The first-order valence-electron chi connectivity index (χ1n) is 9.24. The lowest BCUT2D eigenvalue weighted by Gasteiger charge is -2.19. The lowest BCUT2D eigenvalue weighted by molar-refractivity contribution is -0.125. The molecule has 2 aromatic rings. The fourth-order valence-corrected chi connectivity index (χ4v) is 4.53. The smallest absolute Gasteiger partial charge is 0.268 e. The van der Waals surface area contributed by atoms with Crippen molar-refractivity contribution >= 4 is 27.3 Å². The number of halogens is 1. The molecule has 0 spiro atoms. The van der Waals surface area contributed by atoms with Crippen LogP contribution in [0, 0.1) is 5.82 Å². The lowest BCUT2D eigenvalue weighted by atomic mass is 10.0. The maximum Gasteiger partial charge on any atom is 0.268 e. The first-order valence-corrected chi connectivity index (χ1v) is 10.7. The minimum atomic E-state index is -3.63. The second-order valence-corrected chi connectivity index (χ2v) is 8.39. The maximum absolute atomic E-state index is 13.4. The summed E-state index contributed by atoms with van der Waals surface area (Å²) in [5, 5.41) is 6.54. The highest BCUT2D eigenvalue weighted by Gasteiger charge is 2.29. The van der Waals surface area contributed by atoms with Crippen molar-refractivity contribution in [3.63, 3.8) is 0 Å². The molecular weight excluding hydrogens is 397 g/mol. The Balaban J connectivity index is 1.69. The van der Waals surface area contributed by atoms with Crippen LogP contribution in [0.1, 0.15) is 25.8 Å². The zero-order valence-corrected chi connectivity index (χ0v) is 16.9. The van der Waals surface area contributed by atoms with Gasteiger partial charge in [-0.15, -0.1) is 0 Å². The number of rotatable bonds is 7. The molecule has 1 aliphatic rings. The Bertz CT molecular complexity index is 1040. The van der Waals surface area contributed by atoms with Crippen LogP contribution in [0.15, 0.2) is 58.6 Å².